The van der Waals surface area contributed by atoms with E-state index in [1.54, 1.807) is 20.8 Å². The fourth-order valence-corrected chi connectivity index (χ4v) is 2.45. The van der Waals surface area contributed by atoms with E-state index in [1.807, 2.05) is 13.8 Å². The minimum Gasteiger partial charge on any atom is -0.481 e. The summed E-state index contributed by atoms with van der Waals surface area (Å²) in [4.78, 5) is 23.7. The highest BCUT2D eigenvalue weighted by molar-refractivity contribution is 5.76. The van der Waals surface area contributed by atoms with Crippen molar-refractivity contribution in [3.05, 3.63) is 0 Å². The van der Waals surface area contributed by atoms with Gasteiger partial charge in [-0.15, -0.1) is 0 Å². The van der Waals surface area contributed by atoms with E-state index < -0.39 is 23.1 Å². The van der Waals surface area contributed by atoms with E-state index in [2.05, 4.69) is 5.32 Å². The molecule has 6 heteroatoms. The van der Waals surface area contributed by atoms with E-state index in [0.29, 0.717) is 18.9 Å². The predicted octanol–water partition coefficient (Wildman–Crippen LogP) is 3.05. The molecule has 0 aromatic heterocycles. The number of carbonyl (C=O) groups is 2. The summed E-state index contributed by atoms with van der Waals surface area (Å²) in [6.45, 7) is 9.93. The van der Waals surface area contributed by atoms with E-state index >= 15 is 0 Å². The van der Waals surface area contributed by atoms with Crippen molar-refractivity contribution in [1.82, 2.24) is 5.32 Å². The maximum atomic E-state index is 11.9. The number of carbonyl (C=O) groups excluding carboxylic acids is 1. The number of aliphatic carboxylic acids is 1. The third-order valence-electron chi connectivity index (χ3n) is 3.65. The van der Waals surface area contributed by atoms with E-state index in [4.69, 9.17) is 9.47 Å². The molecule has 1 unspecified atom stereocenters. The second-order valence-electron chi connectivity index (χ2n) is 8.00. The average molecular weight is 329 g/mol. The molecule has 0 aromatic rings. The molecule has 134 valence electrons. The largest absolute Gasteiger partial charge is 0.481 e. The number of alkyl carbamates (subject to hydrolysis) is 1. The van der Waals surface area contributed by atoms with Gasteiger partial charge in [0.1, 0.15) is 11.0 Å². The maximum absolute atomic E-state index is 11.9. The van der Waals surface area contributed by atoms with Gasteiger partial charge < -0.3 is 19.9 Å². The molecule has 0 bridgehead atoms. The zero-order valence-electron chi connectivity index (χ0n) is 15.0. The number of carboxylic acids is 1. The Morgan fingerprint density at radius 1 is 1.26 bits per heavy atom. The van der Waals surface area contributed by atoms with Gasteiger partial charge in [0.05, 0.1) is 6.61 Å². The molecule has 0 aromatic carbocycles. The van der Waals surface area contributed by atoms with Gasteiger partial charge in [0.2, 0.25) is 0 Å². The van der Waals surface area contributed by atoms with Crippen molar-refractivity contribution in [2.45, 2.75) is 59.5 Å². The van der Waals surface area contributed by atoms with Crippen LogP contribution in [0.1, 0.15) is 53.9 Å². The van der Waals surface area contributed by atoms with Crippen LogP contribution < -0.4 is 5.32 Å². The van der Waals surface area contributed by atoms with Gasteiger partial charge in [-0.3, -0.25) is 4.79 Å². The van der Waals surface area contributed by atoms with Gasteiger partial charge in [0.25, 0.3) is 0 Å². The molecular formula is C17H31NO5. The Morgan fingerprint density at radius 2 is 1.87 bits per heavy atom. The van der Waals surface area contributed by atoms with Crippen molar-refractivity contribution in [1.29, 1.82) is 0 Å². The van der Waals surface area contributed by atoms with Crippen LogP contribution in [0.15, 0.2) is 0 Å². The molecule has 1 aliphatic carbocycles. The van der Waals surface area contributed by atoms with Crippen molar-refractivity contribution < 1.29 is 24.2 Å². The molecule has 2 N–H and O–H groups in total. The lowest BCUT2D eigenvalue weighted by molar-refractivity contribution is -0.154. The molecule has 0 aliphatic heterocycles. The van der Waals surface area contributed by atoms with Crippen LogP contribution in [-0.4, -0.2) is 42.5 Å². The van der Waals surface area contributed by atoms with Crippen LogP contribution in [0.25, 0.3) is 0 Å². The molecule has 1 amide bonds. The van der Waals surface area contributed by atoms with E-state index in [9.17, 15) is 14.7 Å². The third-order valence-corrected chi connectivity index (χ3v) is 3.65. The van der Waals surface area contributed by atoms with Crippen molar-refractivity contribution in [3.8, 4) is 0 Å². The van der Waals surface area contributed by atoms with Crippen molar-refractivity contribution in [3.63, 3.8) is 0 Å². The van der Waals surface area contributed by atoms with Gasteiger partial charge in [-0.1, -0.05) is 13.8 Å². The zero-order valence-corrected chi connectivity index (χ0v) is 15.0. The summed E-state index contributed by atoms with van der Waals surface area (Å²) in [6, 6.07) is 0. The predicted molar refractivity (Wildman–Crippen MR) is 87.3 cm³/mol. The van der Waals surface area contributed by atoms with Crippen LogP contribution in [0, 0.1) is 17.3 Å². The van der Waals surface area contributed by atoms with Gasteiger partial charge in [0.15, 0.2) is 0 Å². The third kappa shape index (κ3) is 7.68. The molecule has 0 spiro atoms. The summed E-state index contributed by atoms with van der Waals surface area (Å²) < 4.78 is 10.8. The summed E-state index contributed by atoms with van der Waals surface area (Å²) >= 11 is 0. The number of ether oxygens (including phenoxy) is 2. The van der Waals surface area contributed by atoms with Crippen LogP contribution in [0.2, 0.25) is 0 Å². The monoisotopic (exact) mass is 329 g/mol. The minimum absolute atomic E-state index is 0.0000926. The first kappa shape index (κ1) is 19.7. The van der Waals surface area contributed by atoms with Crippen molar-refractivity contribution in [2.75, 3.05) is 19.8 Å². The van der Waals surface area contributed by atoms with Gasteiger partial charge in [-0.05, 0) is 51.9 Å². The number of amides is 1. The molecule has 0 saturated heterocycles. The topological polar surface area (TPSA) is 84.9 Å². The molecule has 0 heterocycles. The Hall–Kier alpha value is -1.30. The van der Waals surface area contributed by atoms with Gasteiger partial charge in [0, 0.05) is 13.2 Å². The summed E-state index contributed by atoms with van der Waals surface area (Å²) in [5.41, 5.74) is -1.74. The Morgan fingerprint density at radius 3 is 2.30 bits per heavy atom. The Bertz CT molecular complexity index is 412. The Balaban J connectivity index is 2.66. The highest BCUT2D eigenvalue weighted by Crippen LogP contribution is 2.31. The first-order valence-corrected chi connectivity index (χ1v) is 8.32. The number of hydrogen-bond donors (Lipinski definition) is 2. The number of carboxylic acid groups (broad SMARTS) is 1. The molecule has 1 rings (SSSR count). The first-order valence-electron chi connectivity index (χ1n) is 8.32. The zero-order chi connectivity index (χ0) is 17.7. The van der Waals surface area contributed by atoms with Crippen molar-refractivity contribution >= 4 is 12.1 Å². The summed E-state index contributed by atoms with van der Waals surface area (Å²) in [5, 5.41) is 12.3. The molecule has 1 aliphatic rings. The highest BCUT2D eigenvalue weighted by atomic mass is 16.6. The molecule has 1 atom stereocenters. The van der Waals surface area contributed by atoms with E-state index in [1.165, 1.54) is 0 Å². The van der Waals surface area contributed by atoms with E-state index in [0.717, 1.165) is 12.8 Å². The Labute approximate surface area is 138 Å². The summed E-state index contributed by atoms with van der Waals surface area (Å²) in [6.07, 6.45) is 2.14. The number of nitrogens with one attached hydrogen (secondary N) is 1. The second-order valence-corrected chi connectivity index (χ2v) is 8.00. The van der Waals surface area contributed by atoms with Crippen LogP contribution in [-0.2, 0) is 14.3 Å². The standard InChI is InChI=1S/C17H31NO5/c1-12(2)8-17(14(19)20,11-22-9-13-6-7-13)10-18-15(21)23-16(3,4)5/h12-13H,6-11H2,1-5H3,(H,18,21)(H,19,20). The van der Waals surface area contributed by atoms with Crippen LogP contribution in [0.4, 0.5) is 4.79 Å². The molecule has 1 saturated carbocycles. The van der Waals surface area contributed by atoms with E-state index in [-0.39, 0.29) is 19.1 Å². The lowest BCUT2D eigenvalue weighted by Crippen LogP contribution is -2.48. The molecular weight excluding hydrogens is 298 g/mol. The number of rotatable bonds is 9. The molecule has 1 fully saturated rings. The lowest BCUT2D eigenvalue weighted by Gasteiger charge is -2.31. The second kappa shape index (κ2) is 7.99. The summed E-state index contributed by atoms with van der Waals surface area (Å²) in [7, 11) is 0. The normalized spacial score (nSPS) is 17.7. The number of hydrogen-bond acceptors (Lipinski definition) is 4. The smallest absolute Gasteiger partial charge is 0.407 e. The quantitative estimate of drug-likeness (QED) is 0.679. The van der Waals surface area contributed by atoms with Crippen LogP contribution >= 0.6 is 0 Å². The average Bonchev–Trinajstić information content (AvgIpc) is 3.16. The van der Waals surface area contributed by atoms with Gasteiger partial charge >= 0.3 is 12.1 Å². The lowest BCUT2D eigenvalue weighted by atomic mass is 9.80. The fourth-order valence-electron chi connectivity index (χ4n) is 2.45. The fraction of sp³-hybridized carbons (Fsp3) is 0.882. The van der Waals surface area contributed by atoms with Crippen LogP contribution in [0.5, 0.6) is 0 Å². The minimum atomic E-state index is -1.13. The Kier molecular flexibility index (Phi) is 6.86. The maximum Gasteiger partial charge on any atom is 0.407 e. The van der Waals surface area contributed by atoms with Gasteiger partial charge in [-0.2, -0.15) is 0 Å². The molecule has 23 heavy (non-hydrogen) atoms. The highest BCUT2D eigenvalue weighted by Gasteiger charge is 2.41. The summed E-state index contributed by atoms with van der Waals surface area (Å²) in [5.74, 6) is -0.200. The molecule has 6 nitrogen and oxygen atoms in total. The molecule has 0 radical (unpaired) electrons. The first-order chi connectivity index (χ1) is 10.5. The SMILES string of the molecule is CC(C)CC(CNC(=O)OC(C)(C)C)(COCC1CC1)C(=O)O. The van der Waals surface area contributed by atoms with Crippen LogP contribution in [0.3, 0.4) is 0 Å². The van der Waals surface area contributed by atoms with Crippen molar-refractivity contribution in [2.24, 2.45) is 17.3 Å². The van der Waals surface area contributed by atoms with Gasteiger partial charge in [-0.25, -0.2) is 4.79 Å².